The van der Waals surface area contributed by atoms with Gasteiger partial charge in [-0.2, -0.15) is 0 Å². The maximum absolute atomic E-state index is 12.1. The molecule has 16 heavy (non-hydrogen) atoms. The predicted molar refractivity (Wildman–Crippen MR) is 63.6 cm³/mol. The smallest absolute Gasteiger partial charge is 0.194 e. The number of carbonyl (C=O) groups excluding carboxylic acids is 1. The lowest BCUT2D eigenvalue weighted by Gasteiger charge is -2.02. The summed E-state index contributed by atoms with van der Waals surface area (Å²) < 4.78 is 0. The standard InChI is InChI=1S/C14H13NO/c1-10-3-5-12(6-4-10)14(16)13-7-11(2)8-15-9-13/h3-9H,1-2H3. The molecule has 2 aromatic rings. The molecular formula is C14H13NO. The molecule has 2 nitrogen and oxygen atoms in total. The van der Waals surface area contributed by atoms with E-state index in [9.17, 15) is 4.79 Å². The topological polar surface area (TPSA) is 30.0 Å². The quantitative estimate of drug-likeness (QED) is 0.715. The van der Waals surface area contributed by atoms with Crippen LogP contribution in [0.3, 0.4) is 0 Å². The number of hydrogen-bond acceptors (Lipinski definition) is 2. The van der Waals surface area contributed by atoms with Gasteiger partial charge in [0.1, 0.15) is 0 Å². The first-order chi connectivity index (χ1) is 7.66. The van der Waals surface area contributed by atoms with Crippen molar-refractivity contribution in [3.8, 4) is 0 Å². The number of carbonyl (C=O) groups is 1. The zero-order valence-corrected chi connectivity index (χ0v) is 9.40. The Morgan fingerprint density at radius 3 is 2.25 bits per heavy atom. The number of benzene rings is 1. The molecule has 2 rings (SSSR count). The Balaban J connectivity index is 2.35. The minimum Gasteiger partial charge on any atom is -0.289 e. The van der Waals surface area contributed by atoms with Crippen LogP contribution in [0.2, 0.25) is 0 Å². The van der Waals surface area contributed by atoms with Crippen LogP contribution in [0.25, 0.3) is 0 Å². The Kier molecular flexibility index (Phi) is 2.82. The summed E-state index contributed by atoms with van der Waals surface area (Å²) in [6.07, 6.45) is 3.35. The number of aryl methyl sites for hydroxylation is 2. The predicted octanol–water partition coefficient (Wildman–Crippen LogP) is 2.93. The minimum atomic E-state index is 0.0243. The van der Waals surface area contributed by atoms with Crippen LogP contribution in [0.1, 0.15) is 27.0 Å². The van der Waals surface area contributed by atoms with E-state index in [1.165, 1.54) is 0 Å². The molecule has 1 aromatic heterocycles. The van der Waals surface area contributed by atoms with E-state index in [4.69, 9.17) is 0 Å². The monoisotopic (exact) mass is 211 g/mol. The van der Waals surface area contributed by atoms with Gasteiger partial charge in [0, 0.05) is 23.5 Å². The molecule has 80 valence electrons. The van der Waals surface area contributed by atoms with E-state index in [0.29, 0.717) is 11.1 Å². The van der Waals surface area contributed by atoms with Crippen LogP contribution >= 0.6 is 0 Å². The van der Waals surface area contributed by atoms with Gasteiger partial charge in [0.25, 0.3) is 0 Å². The number of pyridine rings is 1. The summed E-state index contributed by atoms with van der Waals surface area (Å²) in [7, 11) is 0. The van der Waals surface area contributed by atoms with Crippen molar-refractivity contribution in [3.05, 3.63) is 65.0 Å². The summed E-state index contributed by atoms with van der Waals surface area (Å²) in [4.78, 5) is 16.1. The van der Waals surface area contributed by atoms with Crippen LogP contribution in [-0.2, 0) is 0 Å². The zero-order chi connectivity index (χ0) is 11.5. The van der Waals surface area contributed by atoms with Crippen LogP contribution < -0.4 is 0 Å². The highest BCUT2D eigenvalue weighted by Crippen LogP contribution is 2.11. The summed E-state index contributed by atoms with van der Waals surface area (Å²) in [6, 6.07) is 9.43. The van der Waals surface area contributed by atoms with Gasteiger partial charge in [0.2, 0.25) is 0 Å². The fourth-order valence-electron chi connectivity index (χ4n) is 1.55. The molecule has 0 radical (unpaired) electrons. The molecule has 1 heterocycles. The number of aromatic nitrogens is 1. The highest BCUT2D eigenvalue weighted by atomic mass is 16.1. The molecule has 0 saturated carbocycles. The number of hydrogen-bond donors (Lipinski definition) is 0. The maximum atomic E-state index is 12.1. The van der Waals surface area contributed by atoms with E-state index in [1.807, 2.05) is 44.2 Å². The molecule has 0 saturated heterocycles. The Morgan fingerprint density at radius 1 is 0.938 bits per heavy atom. The maximum Gasteiger partial charge on any atom is 0.194 e. The van der Waals surface area contributed by atoms with Crippen molar-refractivity contribution in [2.75, 3.05) is 0 Å². The molecule has 0 atom stereocenters. The number of rotatable bonds is 2. The molecule has 0 bridgehead atoms. The fourth-order valence-corrected chi connectivity index (χ4v) is 1.55. The van der Waals surface area contributed by atoms with Gasteiger partial charge < -0.3 is 0 Å². The molecule has 0 spiro atoms. The van der Waals surface area contributed by atoms with Gasteiger partial charge in [-0.15, -0.1) is 0 Å². The van der Waals surface area contributed by atoms with E-state index in [2.05, 4.69) is 4.98 Å². The van der Waals surface area contributed by atoms with Gasteiger partial charge in [-0.3, -0.25) is 9.78 Å². The summed E-state index contributed by atoms with van der Waals surface area (Å²) in [5.74, 6) is 0.0243. The second kappa shape index (κ2) is 4.27. The molecule has 0 aliphatic carbocycles. The second-order valence-corrected chi connectivity index (χ2v) is 3.95. The number of nitrogens with zero attached hydrogens (tertiary/aromatic N) is 1. The highest BCUT2D eigenvalue weighted by molar-refractivity contribution is 6.08. The SMILES string of the molecule is Cc1ccc(C(=O)c2cncc(C)c2)cc1. The normalized spacial score (nSPS) is 10.1. The average molecular weight is 211 g/mol. The van der Waals surface area contributed by atoms with Crippen LogP contribution in [-0.4, -0.2) is 10.8 Å². The van der Waals surface area contributed by atoms with Gasteiger partial charge in [-0.1, -0.05) is 29.8 Å². The van der Waals surface area contributed by atoms with Crippen molar-refractivity contribution in [1.82, 2.24) is 4.98 Å². The largest absolute Gasteiger partial charge is 0.289 e. The average Bonchev–Trinajstić information content (AvgIpc) is 2.29. The van der Waals surface area contributed by atoms with E-state index < -0.39 is 0 Å². The third kappa shape index (κ3) is 2.16. The van der Waals surface area contributed by atoms with E-state index in [0.717, 1.165) is 11.1 Å². The zero-order valence-electron chi connectivity index (χ0n) is 9.40. The molecule has 0 fully saturated rings. The molecular weight excluding hydrogens is 198 g/mol. The summed E-state index contributed by atoms with van der Waals surface area (Å²) in [5, 5.41) is 0. The Hall–Kier alpha value is -1.96. The summed E-state index contributed by atoms with van der Waals surface area (Å²) in [6.45, 7) is 3.93. The van der Waals surface area contributed by atoms with Crippen LogP contribution in [0.15, 0.2) is 42.7 Å². The third-order valence-electron chi connectivity index (χ3n) is 2.45. The van der Waals surface area contributed by atoms with Gasteiger partial charge in [-0.05, 0) is 25.5 Å². The first-order valence-corrected chi connectivity index (χ1v) is 5.20. The minimum absolute atomic E-state index is 0.0243. The van der Waals surface area contributed by atoms with Gasteiger partial charge in [0.15, 0.2) is 5.78 Å². The van der Waals surface area contributed by atoms with E-state index in [-0.39, 0.29) is 5.78 Å². The van der Waals surface area contributed by atoms with Gasteiger partial charge in [-0.25, -0.2) is 0 Å². The molecule has 2 heteroatoms. The first-order valence-electron chi connectivity index (χ1n) is 5.20. The Bertz CT molecular complexity index is 515. The lowest BCUT2D eigenvalue weighted by atomic mass is 10.0. The van der Waals surface area contributed by atoms with Gasteiger partial charge >= 0.3 is 0 Å². The third-order valence-corrected chi connectivity index (χ3v) is 2.45. The second-order valence-electron chi connectivity index (χ2n) is 3.95. The molecule has 0 amide bonds. The highest BCUT2D eigenvalue weighted by Gasteiger charge is 2.08. The lowest BCUT2D eigenvalue weighted by molar-refractivity contribution is 0.103. The van der Waals surface area contributed by atoms with Gasteiger partial charge in [0.05, 0.1) is 0 Å². The van der Waals surface area contributed by atoms with Crippen molar-refractivity contribution in [1.29, 1.82) is 0 Å². The van der Waals surface area contributed by atoms with Crippen molar-refractivity contribution < 1.29 is 4.79 Å². The first kappa shape index (κ1) is 10.6. The fraction of sp³-hybridized carbons (Fsp3) is 0.143. The van der Waals surface area contributed by atoms with Crippen LogP contribution in [0.5, 0.6) is 0 Å². The lowest BCUT2D eigenvalue weighted by Crippen LogP contribution is -2.02. The summed E-state index contributed by atoms with van der Waals surface area (Å²) >= 11 is 0. The molecule has 0 unspecified atom stereocenters. The van der Waals surface area contributed by atoms with Crippen LogP contribution in [0, 0.1) is 13.8 Å². The summed E-state index contributed by atoms with van der Waals surface area (Å²) in [5.41, 5.74) is 3.50. The molecule has 1 aromatic carbocycles. The number of ketones is 1. The van der Waals surface area contributed by atoms with Crippen molar-refractivity contribution in [3.63, 3.8) is 0 Å². The molecule has 0 N–H and O–H groups in total. The molecule has 0 aliphatic rings. The molecule has 0 aliphatic heterocycles. The van der Waals surface area contributed by atoms with Crippen LogP contribution in [0.4, 0.5) is 0 Å². The van der Waals surface area contributed by atoms with E-state index in [1.54, 1.807) is 12.4 Å². The Morgan fingerprint density at radius 2 is 1.62 bits per heavy atom. The van der Waals surface area contributed by atoms with Crippen molar-refractivity contribution >= 4 is 5.78 Å². The van der Waals surface area contributed by atoms with Crippen molar-refractivity contribution in [2.45, 2.75) is 13.8 Å². The van der Waals surface area contributed by atoms with E-state index >= 15 is 0 Å². The van der Waals surface area contributed by atoms with Crippen molar-refractivity contribution in [2.24, 2.45) is 0 Å². The Labute approximate surface area is 95.0 Å².